The van der Waals surface area contributed by atoms with Crippen molar-refractivity contribution in [2.75, 3.05) is 16.9 Å². The third-order valence-electron chi connectivity index (χ3n) is 4.37. The number of anilines is 2. The van der Waals surface area contributed by atoms with E-state index >= 15 is 0 Å². The fourth-order valence-corrected chi connectivity index (χ4v) is 3.52. The zero-order valence-corrected chi connectivity index (χ0v) is 11.0. The van der Waals surface area contributed by atoms with Gasteiger partial charge in [0.25, 0.3) is 0 Å². The first kappa shape index (κ1) is 12.6. The molecule has 2 atom stereocenters. The molecule has 0 aromatic carbocycles. The summed E-state index contributed by atoms with van der Waals surface area (Å²) in [6, 6.07) is 0.428. The van der Waals surface area contributed by atoms with Crippen LogP contribution in [0.1, 0.15) is 38.5 Å². The van der Waals surface area contributed by atoms with Crippen molar-refractivity contribution in [3.63, 3.8) is 0 Å². The van der Waals surface area contributed by atoms with Crippen LogP contribution in [0.25, 0.3) is 0 Å². The summed E-state index contributed by atoms with van der Waals surface area (Å²) in [5.41, 5.74) is 2.39. The van der Waals surface area contributed by atoms with Crippen molar-refractivity contribution in [3.8, 4) is 0 Å². The maximum absolute atomic E-state index is 14.0. The van der Waals surface area contributed by atoms with Gasteiger partial charge < -0.3 is 4.90 Å². The van der Waals surface area contributed by atoms with Crippen LogP contribution in [0.15, 0.2) is 6.20 Å². The van der Waals surface area contributed by atoms with E-state index in [1.54, 1.807) is 0 Å². The highest BCUT2D eigenvalue weighted by Crippen LogP contribution is 2.37. The predicted octanol–water partition coefficient (Wildman–Crippen LogP) is 2.06. The molecule has 2 fully saturated rings. The minimum absolute atomic E-state index is 0.273. The summed E-state index contributed by atoms with van der Waals surface area (Å²) in [6.45, 7) is 0.874. The molecule has 1 saturated carbocycles. The van der Waals surface area contributed by atoms with Gasteiger partial charge in [-0.2, -0.15) is 4.98 Å². The number of nitrogens with zero attached hydrogens (tertiary/aromatic N) is 3. The smallest absolute Gasteiger partial charge is 0.239 e. The third kappa shape index (κ3) is 2.36. The molecule has 5 nitrogen and oxygen atoms in total. The molecule has 104 valence electrons. The van der Waals surface area contributed by atoms with Gasteiger partial charge in [-0.05, 0) is 31.6 Å². The van der Waals surface area contributed by atoms with Crippen LogP contribution < -0.4 is 16.2 Å². The topological polar surface area (TPSA) is 67.1 Å². The molecule has 2 heterocycles. The Hall–Kier alpha value is -1.43. The Balaban J connectivity index is 1.91. The lowest BCUT2D eigenvalue weighted by Crippen LogP contribution is -2.47. The van der Waals surface area contributed by atoms with Crippen LogP contribution in [0.2, 0.25) is 0 Å². The summed E-state index contributed by atoms with van der Waals surface area (Å²) < 4.78 is 14.0. The summed E-state index contributed by atoms with van der Waals surface area (Å²) in [5.74, 6) is 6.32. The zero-order valence-electron chi connectivity index (χ0n) is 11.0. The number of fused-ring (bicyclic) bond motifs is 1. The van der Waals surface area contributed by atoms with Crippen molar-refractivity contribution in [2.24, 2.45) is 11.8 Å². The minimum Gasteiger partial charge on any atom is -0.351 e. The molecular formula is C13H20FN5. The van der Waals surface area contributed by atoms with E-state index in [2.05, 4.69) is 20.3 Å². The van der Waals surface area contributed by atoms with E-state index in [-0.39, 0.29) is 11.8 Å². The number of hydrogen-bond acceptors (Lipinski definition) is 5. The van der Waals surface area contributed by atoms with E-state index in [1.165, 1.54) is 31.9 Å². The lowest BCUT2D eigenvalue weighted by molar-refractivity contribution is 0.241. The van der Waals surface area contributed by atoms with Crippen LogP contribution >= 0.6 is 0 Å². The number of aromatic nitrogens is 2. The average Bonchev–Trinajstić information content (AvgIpc) is 2.47. The molecule has 0 spiro atoms. The first-order chi connectivity index (χ1) is 9.29. The highest BCUT2D eigenvalue weighted by Gasteiger charge is 2.35. The van der Waals surface area contributed by atoms with Crippen molar-refractivity contribution < 1.29 is 4.39 Å². The third-order valence-corrected chi connectivity index (χ3v) is 4.37. The molecule has 0 bridgehead atoms. The quantitative estimate of drug-likeness (QED) is 0.633. The first-order valence-corrected chi connectivity index (χ1v) is 7.05. The Morgan fingerprint density at radius 1 is 1.26 bits per heavy atom. The van der Waals surface area contributed by atoms with Gasteiger partial charge in [0.1, 0.15) is 0 Å². The molecule has 3 N–H and O–H groups in total. The molecule has 1 aliphatic carbocycles. The fraction of sp³-hybridized carbons (Fsp3) is 0.692. The summed E-state index contributed by atoms with van der Waals surface area (Å²) in [5, 5.41) is 0. The second-order valence-electron chi connectivity index (χ2n) is 5.46. The van der Waals surface area contributed by atoms with Crippen LogP contribution in [0.5, 0.6) is 0 Å². The molecule has 6 heteroatoms. The second kappa shape index (κ2) is 5.28. The average molecular weight is 265 g/mol. The highest BCUT2D eigenvalue weighted by molar-refractivity contribution is 5.45. The normalized spacial score (nSPS) is 26.9. The molecular weight excluding hydrogens is 245 g/mol. The number of halogens is 1. The van der Waals surface area contributed by atoms with E-state index in [9.17, 15) is 4.39 Å². The van der Waals surface area contributed by atoms with Gasteiger partial charge in [-0.15, -0.1) is 0 Å². The number of hydrogen-bond donors (Lipinski definition) is 2. The molecule has 19 heavy (non-hydrogen) atoms. The summed E-state index contributed by atoms with van der Waals surface area (Å²) in [4.78, 5) is 10.1. The lowest BCUT2D eigenvalue weighted by Gasteiger charge is -2.44. The molecule has 3 rings (SSSR count). The maximum Gasteiger partial charge on any atom is 0.239 e. The predicted molar refractivity (Wildman–Crippen MR) is 72.1 cm³/mol. The Labute approximate surface area is 112 Å². The fourth-order valence-electron chi connectivity index (χ4n) is 3.52. The summed E-state index contributed by atoms with van der Waals surface area (Å²) in [7, 11) is 0. The Kier molecular flexibility index (Phi) is 3.50. The van der Waals surface area contributed by atoms with Gasteiger partial charge in [-0.3, -0.25) is 5.43 Å². The van der Waals surface area contributed by atoms with Crippen molar-refractivity contribution >= 4 is 11.8 Å². The molecule has 2 aliphatic rings. The molecule has 2 unspecified atom stereocenters. The lowest BCUT2D eigenvalue weighted by atomic mass is 9.78. The molecule has 1 saturated heterocycles. The molecule has 1 aliphatic heterocycles. The maximum atomic E-state index is 14.0. The summed E-state index contributed by atoms with van der Waals surface area (Å²) in [6.07, 6.45) is 8.49. The Morgan fingerprint density at radius 2 is 2.05 bits per heavy atom. The van der Waals surface area contributed by atoms with E-state index in [4.69, 9.17) is 5.84 Å². The number of nitrogen functional groups attached to an aromatic ring is 1. The van der Waals surface area contributed by atoms with E-state index in [1.807, 2.05) is 0 Å². The van der Waals surface area contributed by atoms with E-state index in [0.717, 1.165) is 19.4 Å². The number of piperidine rings is 1. The number of rotatable bonds is 2. The van der Waals surface area contributed by atoms with Gasteiger partial charge in [0.05, 0.1) is 6.20 Å². The molecule has 1 aromatic rings. The largest absolute Gasteiger partial charge is 0.351 e. The van der Waals surface area contributed by atoms with Crippen molar-refractivity contribution in [1.29, 1.82) is 0 Å². The molecule has 0 amide bonds. The minimum atomic E-state index is -0.356. The van der Waals surface area contributed by atoms with Crippen LogP contribution in [0.3, 0.4) is 0 Å². The second-order valence-corrected chi connectivity index (χ2v) is 5.46. The summed E-state index contributed by atoms with van der Waals surface area (Å²) >= 11 is 0. The number of nitrogens with two attached hydrogens (primary N) is 1. The van der Waals surface area contributed by atoms with Crippen LogP contribution in [0.4, 0.5) is 16.2 Å². The SMILES string of the molecule is NNc1ncc(F)c(N2CCCC3CCCCC32)n1. The highest BCUT2D eigenvalue weighted by atomic mass is 19.1. The van der Waals surface area contributed by atoms with Gasteiger partial charge in [0.2, 0.25) is 5.95 Å². The van der Waals surface area contributed by atoms with Gasteiger partial charge >= 0.3 is 0 Å². The van der Waals surface area contributed by atoms with Crippen molar-refractivity contribution in [3.05, 3.63) is 12.0 Å². The first-order valence-electron chi connectivity index (χ1n) is 7.05. The van der Waals surface area contributed by atoms with Crippen molar-refractivity contribution in [2.45, 2.75) is 44.6 Å². The van der Waals surface area contributed by atoms with E-state index < -0.39 is 0 Å². The molecule has 0 radical (unpaired) electrons. The molecule has 1 aromatic heterocycles. The van der Waals surface area contributed by atoms with Gasteiger partial charge in [0, 0.05) is 12.6 Å². The Morgan fingerprint density at radius 3 is 2.89 bits per heavy atom. The van der Waals surface area contributed by atoms with Crippen LogP contribution in [-0.2, 0) is 0 Å². The van der Waals surface area contributed by atoms with Crippen molar-refractivity contribution in [1.82, 2.24) is 9.97 Å². The Bertz CT molecular complexity index is 451. The standard InChI is InChI=1S/C13H20FN5/c14-10-8-16-13(18-15)17-12(10)19-7-3-5-9-4-1-2-6-11(9)19/h8-9,11H,1-7,15H2,(H,16,17,18). The van der Waals surface area contributed by atoms with Gasteiger partial charge in [-0.25, -0.2) is 15.2 Å². The number of hydrazine groups is 1. The van der Waals surface area contributed by atoms with E-state index in [0.29, 0.717) is 17.8 Å². The van der Waals surface area contributed by atoms with Crippen LogP contribution in [-0.4, -0.2) is 22.6 Å². The zero-order chi connectivity index (χ0) is 13.2. The van der Waals surface area contributed by atoms with Gasteiger partial charge in [-0.1, -0.05) is 12.8 Å². The van der Waals surface area contributed by atoms with Gasteiger partial charge in [0.15, 0.2) is 11.6 Å². The number of nitrogens with one attached hydrogen (secondary N) is 1. The monoisotopic (exact) mass is 265 g/mol. The van der Waals surface area contributed by atoms with Crippen LogP contribution in [0, 0.1) is 11.7 Å².